The Balaban J connectivity index is 1.67. The lowest BCUT2D eigenvalue weighted by molar-refractivity contribution is 0.0697. The molecule has 0 saturated carbocycles. The number of H-pyrrole nitrogens is 2. The van der Waals surface area contributed by atoms with E-state index in [-0.39, 0.29) is 11.4 Å². The molecule has 0 aliphatic rings. The number of aromatic carboxylic acids is 1. The Labute approximate surface area is 141 Å². The van der Waals surface area contributed by atoms with Crippen molar-refractivity contribution in [3.63, 3.8) is 0 Å². The molecule has 0 aliphatic carbocycles. The van der Waals surface area contributed by atoms with Crippen LogP contribution in [-0.4, -0.2) is 36.8 Å². The van der Waals surface area contributed by atoms with E-state index in [0.29, 0.717) is 34.7 Å². The van der Waals surface area contributed by atoms with Crippen LogP contribution in [0.3, 0.4) is 0 Å². The van der Waals surface area contributed by atoms with Crippen LogP contribution >= 0.6 is 0 Å². The van der Waals surface area contributed by atoms with Gasteiger partial charge in [-0.25, -0.2) is 14.8 Å². The molecule has 4 rings (SSSR count). The van der Waals surface area contributed by atoms with Crippen LogP contribution in [0, 0.1) is 5.41 Å². The molecule has 0 atom stereocenters. The first-order valence-electron chi connectivity index (χ1n) is 7.54. The second-order valence-electron chi connectivity index (χ2n) is 5.73. The van der Waals surface area contributed by atoms with Gasteiger partial charge in [0.2, 0.25) is 0 Å². The number of aromatic nitrogens is 4. The first kappa shape index (κ1) is 14.9. The molecule has 0 aliphatic heterocycles. The number of carboxylic acid groups (broad SMARTS) is 1. The number of nitrogens with zero attached hydrogens (tertiary/aromatic N) is 2. The highest BCUT2D eigenvalue weighted by Crippen LogP contribution is 2.18. The number of fused-ring (bicyclic) bond motifs is 2. The van der Waals surface area contributed by atoms with Crippen molar-refractivity contribution < 1.29 is 9.90 Å². The summed E-state index contributed by atoms with van der Waals surface area (Å²) in [5.41, 5.74) is 9.30. The summed E-state index contributed by atoms with van der Waals surface area (Å²) in [6, 6.07) is 10.1. The number of aromatic amines is 2. The summed E-state index contributed by atoms with van der Waals surface area (Å²) in [5.74, 6) is 0.429. The van der Waals surface area contributed by atoms with E-state index in [1.807, 2.05) is 6.07 Å². The molecule has 2 aromatic heterocycles. The Morgan fingerprint density at radius 3 is 2.04 bits per heavy atom. The molecule has 0 amide bonds. The van der Waals surface area contributed by atoms with Gasteiger partial charge in [-0.2, -0.15) is 0 Å². The monoisotopic (exact) mass is 334 g/mol. The van der Waals surface area contributed by atoms with Gasteiger partial charge in [0.05, 0.1) is 34.1 Å². The molecule has 0 spiro atoms. The number of carboxylic acids is 1. The first-order valence-corrected chi connectivity index (χ1v) is 7.54. The molecule has 0 bridgehead atoms. The Kier molecular flexibility index (Phi) is 3.24. The zero-order chi connectivity index (χ0) is 17.6. The van der Waals surface area contributed by atoms with Crippen molar-refractivity contribution in [2.45, 2.75) is 6.42 Å². The predicted molar refractivity (Wildman–Crippen MR) is 93.0 cm³/mol. The highest BCUT2D eigenvalue weighted by atomic mass is 16.4. The van der Waals surface area contributed by atoms with Gasteiger partial charge in [-0.1, -0.05) is 0 Å². The van der Waals surface area contributed by atoms with E-state index in [2.05, 4.69) is 19.9 Å². The summed E-state index contributed by atoms with van der Waals surface area (Å²) in [6.07, 6.45) is 0.446. The average Bonchev–Trinajstić information content (AvgIpc) is 3.15. The minimum atomic E-state index is -0.975. The van der Waals surface area contributed by atoms with Gasteiger partial charge in [-0.05, 0) is 36.4 Å². The summed E-state index contributed by atoms with van der Waals surface area (Å²) < 4.78 is 0. The molecule has 25 heavy (non-hydrogen) atoms. The van der Waals surface area contributed by atoms with Crippen LogP contribution in [0.1, 0.15) is 27.6 Å². The fraction of sp³-hybridized carbons (Fsp3) is 0.0588. The van der Waals surface area contributed by atoms with E-state index in [9.17, 15) is 4.79 Å². The topological polar surface area (TPSA) is 145 Å². The quantitative estimate of drug-likeness (QED) is 0.286. The molecule has 2 aromatic carbocycles. The number of nitrogen functional groups attached to an aromatic ring is 1. The van der Waals surface area contributed by atoms with Gasteiger partial charge < -0.3 is 20.8 Å². The number of rotatable bonds is 4. The van der Waals surface area contributed by atoms with Crippen LogP contribution in [0.2, 0.25) is 0 Å². The summed E-state index contributed by atoms with van der Waals surface area (Å²) in [4.78, 5) is 26.3. The van der Waals surface area contributed by atoms with Crippen LogP contribution in [-0.2, 0) is 6.42 Å². The zero-order valence-electron chi connectivity index (χ0n) is 13.0. The third kappa shape index (κ3) is 2.69. The minimum absolute atomic E-state index is 0.00423. The molecule has 6 N–H and O–H groups in total. The molecule has 0 unspecified atom stereocenters. The maximum absolute atomic E-state index is 11.0. The van der Waals surface area contributed by atoms with Crippen molar-refractivity contribution in [3.05, 3.63) is 59.2 Å². The highest BCUT2D eigenvalue weighted by Gasteiger charge is 2.10. The average molecular weight is 334 g/mol. The molecule has 124 valence electrons. The van der Waals surface area contributed by atoms with E-state index < -0.39 is 5.97 Å². The summed E-state index contributed by atoms with van der Waals surface area (Å²) in [7, 11) is 0. The Morgan fingerprint density at radius 2 is 1.52 bits per heavy atom. The van der Waals surface area contributed by atoms with E-state index in [4.69, 9.17) is 16.2 Å². The van der Waals surface area contributed by atoms with Gasteiger partial charge in [0.15, 0.2) is 0 Å². The number of amidine groups is 1. The van der Waals surface area contributed by atoms with Gasteiger partial charge in [0.25, 0.3) is 0 Å². The van der Waals surface area contributed by atoms with Crippen molar-refractivity contribution in [1.82, 2.24) is 19.9 Å². The molecule has 8 heteroatoms. The number of nitrogens with one attached hydrogen (secondary N) is 3. The SMILES string of the molecule is N=C(N)c1ccc2nc(Cc3nc4ccc(C(=O)O)cc4[nH]3)[nH]c2c1. The smallest absolute Gasteiger partial charge is 0.335 e. The molecule has 0 fully saturated rings. The number of benzene rings is 2. The zero-order valence-corrected chi connectivity index (χ0v) is 13.0. The van der Waals surface area contributed by atoms with Crippen molar-refractivity contribution in [3.8, 4) is 0 Å². The fourth-order valence-corrected chi connectivity index (χ4v) is 2.75. The number of carbonyl (C=O) groups is 1. The van der Waals surface area contributed by atoms with Crippen molar-refractivity contribution >= 4 is 33.9 Å². The Morgan fingerprint density at radius 1 is 1.00 bits per heavy atom. The first-order chi connectivity index (χ1) is 12.0. The number of nitrogens with two attached hydrogens (primary N) is 1. The van der Waals surface area contributed by atoms with E-state index in [1.165, 1.54) is 6.07 Å². The molecule has 0 saturated heterocycles. The second kappa shape index (κ2) is 5.45. The molecule has 8 nitrogen and oxygen atoms in total. The lowest BCUT2D eigenvalue weighted by Crippen LogP contribution is -2.10. The van der Waals surface area contributed by atoms with Crippen LogP contribution in [0.5, 0.6) is 0 Å². The van der Waals surface area contributed by atoms with Gasteiger partial charge in [0.1, 0.15) is 17.5 Å². The molecular weight excluding hydrogens is 320 g/mol. The van der Waals surface area contributed by atoms with Gasteiger partial charge in [0, 0.05) is 5.56 Å². The van der Waals surface area contributed by atoms with Crippen LogP contribution in [0.4, 0.5) is 0 Å². The minimum Gasteiger partial charge on any atom is -0.478 e. The van der Waals surface area contributed by atoms with Gasteiger partial charge in [-0.15, -0.1) is 0 Å². The van der Waals surface area contributed by atoms with Crippen LogP contribution in [0.15, 0.2) is 36.4 Å². The number of imidazole rings is 2. The van der Waals surface area contributed by atoms with E-state index in [1.54, 1.807) is 24.3 Å². The van der Waals surface area contributed by atoms with Crippen molar-refractivity contribution in [1.29, 1.82) is 5.41 Å². The van der Waals surface area contributed by atoms with Crippen molar-refractivity contribution in [2.24, 2.45) is 5.73 Å². The third-order valence-corrected chi connectivity index (χ3v) is 3.95. The number of hydrogen-bond acceptors (Lipinski definition) is 4. The van der Waals surface area contributed by atoms with Gasteiger partial charge >= 0.3 is 5.97 Å². The molecule has 4 aromatic rings. The summed E-state index contributed by atoms with van der Waals surface area (Å²) in [6.45, 7) is 0. The number of hydrogen-bond donors (Lipinski definition) is 5. The van der Waals surface area contributed by atoms with Gasteiger partial charge in [-0.3, -0.25) is 5.41 Å². The van der Waals surface area contributed by atoms with Crippen LogP contribution < -0.4 is 5.73 Å². The van der Waals surface area contributed by atoms with Crippen molar-refractivity contribution in [2.75, 3.05) is 0 Å². The largest absolute Gasteiger partial charge is 0.478 e. The predicted octanol–water partition coefficient (Wildman–Crippen LogP) is 2.01. The Bertz CT molecular complexity index is 1050. The van der Waals surface area contributed by atoms with E-state index >= 15 is 0 Å². The molecule has 0 radical (unpaired) electrons. The summed E-state index contributed by atoms with van der Waals surface area (Å²) >= 11 is 0. The fourth-order valence-electron chi connectivity index (χ4n) is 2.75. The van der Waals surface area contributed by atoms with E-state index in [0.717, 1.165) is 11.0 Å². The normalized spacial score (nSPS) is 11.2. The molecule has 2 heterocycles. The highest BCUT2D eigenvalue weighted by molar-refractivity contribution is 5.98. The van der Waals surface area contributed by atoms with Crippen LogP contribution in [0.25, 0.3) is 22.1 Å². The Hall–Kier alpha value is -3.68. The lowest BCUT2D eigenvalue weighted by Gasteiger charge is -1.96. The second-order valence-corrected chi connectivity index (χ2v) is 5.73. The third-order valence-electron chi connectivity index (χ3n) is 3.95. The standard InChI is InChI=1S/C17H14N6O2/c18-16(19)8-1-3-10-12(5-8)22-14(20-10)7-15-21-11-4-2-9(17(24)25)6-13(11)23-15/h1-6H,7H2,(H3,18,19)(H,20,22)(H,21,23)(H,24,25). The summed E-state index contributed by atoms with van der Waals surface area (Å²) in [5, 5.41) is 16.5. The maximum Gasteiger partial charge on any atom is 0.335 e. The maximum atomic E-state index is 11.0. The molecular formula is C17H14N6O2. The lowest BCUT2D eigenvalue weighted by atomic mass is 10.2.